The van der Waals surface area contributed by atoms with Crippen molar-refractivity contribution in [3.05, 3.63) is 0 Å². The molecule has 0 bridgehead atoms. The first-order valence-corrected chi connectivity index (χ1v) is 8.95. The summed E-state index contributed by atoms with van der Waals surface area (Å²) in [6.45, 7) is 1.52. The zero-order valence-electron chi connectivity index (χ0n) is 15.8. The molecule has 6 nitrogen and oxygen atoms in total. The molecule has 0 saturated carbocycles. The summed E-state index contributed by atoms with van der Waals surface area (Å²) in [6.07, 6.45) is 10.8. The van der Waals surface area contributed by atoms with Gasteiger partial charge in [0.1, 0.15) is 0 Å². The molecule has 2 N–H and O–H groups in total. The predicted octanol–water partition coefficient (Wildman–Crippen LogP) is 3.22. The molecule has 0 heterocycles. The Balaban J connectivity index is 0. The molecule has 0 spiro atoms. The van der Waals surface area contributed by atoms with E-state index in [1.165, 1.54) is 39.9 Å². The minimum atomic E-state index is -0.113. The largest absolute Gasteiger partial charge is 0.469 e. The summed E-state index contributed by atoms with van der Waals surface area (Å²) in [5.74, 6) is -0.226. The first-order chi connectivity index (χ1) is 11.6. The lowest BCUT2D eigenvalue weighted by Crippen LogP contribution is -2.01. The number of methoxy groups -OCH3 is 3. The Morgan fingerprint density at radius 2 is 1.04 bits per heavy atom. The normalized spacial score (nSPS) is 9.83. The minimum absolute atomic E-state index is 0.113. The van der Waals surface area contributed by atoms with Crippen LogP contribution in [0.15, 0.2) is 0 Å². The number of carbonyl (C=O) groups excluding carboxylic acids is 2. The van der Waals surface area contributed by atoms with Crippen molar-refractivity contribution in [3.8, 4) is 0 Å². The van der Waals surface area contributed by atoms with Gasteiger partial charge < -0.3 is 19.9 Å². The second-order valence-electron chi connectivity index (χ2n) is 5.62. The summed E-state index contributed by atoms with van der Waals surface area (Å²) in [7, 11) is 4.53. The molecule has 0 radical (unpaired) electrons. The lowest BCUT2D eigenvalue weighted by atomic mass is 10.1. The quantitative estimate of drug-likeness (QED) is 0.383. The highest BCUT2D eigenvalue weighted by Crippen LogP contribution is 2.11. The molecule has 0 aromatic rings. The SMILES string of the molecule is COC(=O)CCCCCCCCCCC(=O)OC.COCCCN. The van der Waals surface area contributed by atoms with Crippen LogP contribution >= 0.6 is 0 Å². The molecule has 0 fully saturated rings. The van der Waals surface area contributed by atoms with Crippen LogP contribution < -0.4 is 5.73 Å². The summed E-state index contributed by atoms with van der Waals surface area (Å²) in [5, 5.41) is 0. The van der Waals surface area contributed by atoms with Crippen LogP contribution in [0.3, 0.4) is 0 Å². The average molecular weight is 347 g/mol. The Labute approximate surface area is 147 Å². The third-order valence-electron chi connectivity index (χ3n) is 3.52. The zero-order valence-corrected chi connectivity index (χ0v) is 15.8. The van der Waals surface area contributed by atoms with E-state index in [4.69, 9.17) is 10.5 Å². The molecule has 0 aliphatic carbocycles. The van der Waals surface area contributed by atoms with Crippen LogP contribution in [-0.2, 0) is 23.8 Å². The molecule has 144 valence electrons. The number of ether oxygens (including phenoxy) is 3. The van der Waals surface area contributed by atoms with E-state index in [9.17, 15) is 9.59 Å². The Morgan fingerprint density at radius 3 is 1.29 bits per heavy atom. The van der Waals surface area contributed by atoms with Crippen molar-refractivity contribution < 1.29 is 23.8 Å². The van der Waals surface area contributed by atoms with Gasteiger partial charge in [0.15, 0.2) is 0 Å². The van der Waals surface area contributed by atoms with Crippen molar-refractivity contribution in [2.24, 2.45) is 5.73 Å². The van der Waals surface area contributed by atoms with E-state index in [-0.39, 0.29) is 11.9 Å². The number of esters is 2. The van der Waals surface area contributed by atoms with E-state index in [0.717, 1.165) is 45.3 Å². The van der Waals surface area contributed by atoms with Crippen LogP contribution in [0.2, 0.25) is 0 Å². The Bertz CT molecular complexity index is 257. The fourth-order valence-electron chi connectivity index (χ4n) is 2.03. The third-order valence-corrected chi connectivity index (χ3v) is 3.52. The van der Waals surface area contributed by atoms with Crippen LogP contribution in [-0.4, -0.2) is 46.4 Å². The highest BCUT2D eigenvalue weighted by atomic mass is 16.5. The number of hydrogen-bond donors (Lipinski definition) is 1. The van der Waals surface area contributed by atoms with Gasteiger partial charge in [-0.25, -0.2) is 0 Å². The van der Waals surface area contributed by atoms with Crippen molar-refractivity contribution >= 4 is 11.9 Å². The van der Waals surface area contributed by atoms with Crippen molar-refractivity contribution in [1.82, 2.24) is 0 Å². The summed E-state index contributed by atoms with van der Waals surface area (Å²) in [6, 6.07) is 0. The number of carbonyl (C=O) groups is 2. The maximum atomic E-state index is 10.8. The first-order valence-electron chi connectivity index (χ1n) is 8.95. The van der Waals surface area contributed by atoms with Gasteiger partial charge in [0.05, 0.1) is 14.2 Å². The molecule has 0 aliphatic rings. The Hall–Kier alpha value is -1.14. The molecule has 0 saturated heterocycles. The van der Waals surface area contributed by atoms with Crippen LogP contribution in [0.5, 0.6) is 0 Å². The smallest absolute Gasteiger partial charge is 0.305 e. The molecular weight excluding hydrogens is 310 g/mol. The molecule has 0 amide bonds. The molecular formula is C18H37NO5. The fourth-order valence-corrected chi connectivity index (χ4v) is 2.03. The molecule has 0 aliphatic heterocycles. The topological polar surface area (TPSA) is 87.9 Å². The Morgan fingerprint density at radius 1 is 0.667 bits per heavy atom. The lowest BCUT2D eigenvalue weighted by Gasteiger charge is -2.02. The van der Waals surface area contributed by atoms with E-state index in [0.29, 0.717) is 12.8 Å². The monoisotopic (exact) mass is 347 g/mol. The maximum Gasteiger partial charge on any atom is 0.305 e. The average Bonchev–Trinajstić information content (AvgIpc) is 2.61. The molecule has 24 heavy (non-hydrogen) atoms. The lowest BCUT2D eigenvalue weighted by molar-refractivity contribution is -0.141. The van der Waals surface area contributed by atoms with Crippen LogP contribution in [0.1, 0.15) is 70.6 Å². The van der Waals surface area contributed by atoms with Crippen LogP contribution in [0, 0.1) is 0 Å². The standard InChI is InChI=1S/C14H26O4.C4H11NO/c1-17-13(15)11-9-7-5-3-4-6-8-10-12-14(16)18-2;1-6-4-2-3-5/h3-12H2,1-2H3;2-5H2,1H3. The van der Waals surface area contributed by atoms with E-state index in [2.05, 4.69) is 9.47 Å². The minimum Gasteiger partial charge on any atom is -0.469 e. The Kier molecular flexibility index (Phi) is 22.9. The summed E-state index contributed by atoms with van der Waals surface area (Å²) < 4.78 is 13.9. The van der Waals surface area contributed by atoms with Crippen molar-refractivity contribution in [2.45, 2.75) is 70.6 Å². The molecule has 0 unspecified atom stereocenters. The van der Waals surface area contributed by atoms with E-state index in [1.54, 1.807) is 7.11 Å². The maximum absolute atomic E-state index is 10.8. The molecule has 0 atom stereocenters. The molecule has 6 heteroatoms. The van der Waals surface area contributed by atoms with Crippen LogP contribution in [0.25, 0.3) is 0 Å². The van der Waals surface area contributed by atoms with Gasteiger partial charge in [-0.05, 0) is 25.8 Å². The second kappa shape index (κ2) is 21.9. The number of nitrogens with two attached hydrogens (primary N) is 1. The fraction of sp³-hybridized carbons (Fsp3) is 0.889. The van der Waals surface area contributed by atoms with Gasteiger partial charge in [0, 0.05) is 26.6 Å². The third kappa shape index (κ3) is 23.1. The van der Waals surface area contributed by atoms with Gasteiger partial charge in [-0.15, -0.1) is 0 Å². The van der Waals surface area contributed by atoms with Gasteiger partial charge >= 0.3 is 11.9 Å². The highest BCUT2D eigenvalue weighted by molar-refractivity contribution is 5.69. The molecule has 0 aromatic heterocycles. The van der Waals surface area contributed by atoms with Crippen LogP contribution in [0.4, 0.5) is 0 Å². The summed E-state index contributed by atoms with van der Waals surface area (Å²) >= 11 is 0. The van der Waals surface area contributed by atoms with Crippen molar-refractivity contribution in [2.75, 3.05) is 34.5 Å². The highest BCUT2D eigenvalue weighted by Gasteiger charge is 2.00. The van der Waals surface area contributed by atoms with E-state index < -0.39 is 0 Å². The van der Waals surface area contributed by atoms with E-state index >= 15 is 0 Å². The van der Waals surface area contributed by atoms with Gasteiger partial charge in [0.25, 0.3) is 0 Å². The number of hydrogen-bond acceptors (Lipinski definition) is 6. The zero-order chi connectivity index (χ0) is 18.5. The van der Waals surface area contributed by atoms with Gasteiger partial charge in [-0.3, -0.25) is 9.59 Å². The molecule has 0 aromatic carbocycles. The summed E-state index contributed by atoms with van der Waals surface area (Å²) in [4.78, 5) is 21.7. The van der Waals surface area contributed by atoms with Crippen molar-refractivity contribution in [3.63, 3.8) is 0 Å². The number of unbranched alkanes of at least 4 members (excludes halogenated alkanes) is 7. The van der Waals surface area contributed by atoms with Gasteiger partial charge in [-0.2, -0.15) is 0 Å². The first kappa shape index (κ1) is 25.1. The number of rotatable bonds is 14. The van der Waals surface area contributed by atoms with Gasteiger partial charge in [0.2, 0.25) is 0 Å². The second-order valence-corrected chi connectivity index (χ2v) is 5.62. The van der Waals surface area contributed by atoms with Crippen molar-refractivity contribution in [1.29, 1.82) is 0 Å². The molecule has 0 rings (SSSR count). The van der Waals surface area contributed by atoms with E-state index in [1.807, 2.05) is 0 Å². The predicted molar refractivity (Wildman–Crippen MR) is 95.7 cm³/mol. The summed E-state index contributed by atoms with van der Waals surface area (Å²) in [5.41, 5.74) is 5.13. The van der Waals surface area contributed by atoms with Gasteiger partial charge in [-0.1, -0.05) is 38.5 Å².